The van der Waals surface area contributed by atoms with Crippen molar-refractivity contribution in [3.63, 3.8) is 0 Å². The van der Waals surface area contributed by atoms with E-state index in [1.807, 2.05) is 11.4 Å². The van der Waals surface area contributed by atoms with Crippen LogP contribution in [0.4, 0.5) is 4.79 Å². The first-order valence-electron chi connectivity index (χ1n) is 5.30. The van der Waals surface area contributed by atoms with E-state index < -0.39 is 5.97 Å². The molecule has 2 N–H and O–H groups in total. The summed E-state index contributed by atoms with van der Waals surface area (Å²) in [5, 5.41) is 13.2. The zero-order chi connectivity index (χ0) is 12.8. The van der Waals surface area contributed by atoms with Crippen LogP contribution in [-0.2, 0) is 17.8 Å². The van der Waals surface area contributed by atoms with E-state index in [1.54, 1.807) is 11.3 Å². The maximum atomic E-state index is 11.5. The normalized spacial score (nSPS) is 10.0. The predicted octanol–water partition coefficient (Wildman–Crippen LogP) is 1.54. The second kappa shape index (κ2) is 6.24. The molecule has 1 aromatic rings. The Hall–Kier alpha value is -1.56. The largest absolute Gasteiger partial charge is 0.480 e. The van der Waals surface area contributed by atoms with Crippen molar-refractivity contribution in [2.45, 2.75) is 19.9 Å². The monoisotopic (exact) mass is 256 g/mol. The smallest absolute Gasteiger partial charge is 0.323 e. The lowest BCUT2D eigenvalue weighted by atomic mass is 10.2. The van der Waals surface area contributed by atoms with Crippen molar-refractivity contribution in [3.05, 3.63) is 21.9 Å². The highest BCUT2D eigenvalue weighted by Gasteiger charge is 2.12. The highest BCUT2D eigenvalue weighted by Crippen LogP contribution is 2.16. The summed E-state index contributed by atoms with van der Waals surface area (Å²) in [6, 6.07) is 1.66. The molecule has 0 saturated carbocycles. The Balaban J connectivity index is 2.45. The topological polar surface area (TPSA) is 69.6 Å². The summed E-state index contributed by atoms with van der Waals surface area (Å²) >= 11 is 1.59. The van der Waals surface area contributed by atoms with Crippen LogP contribution in [0.5, 0.6) is 0 Å². The van der Waals surface area contributed by atoms with Crippen LogP contribution < -0.4 is 5.32 Å². The number of aryl methyl sites for hydroxylation is 1. The highest BCUT2D eigenvalue weighted by molar-refractivity contribution is 7.10. The fourth-order valence-electron chi connectivity index (χ4n) is 1.40. The number of hydrogen-bond acceptors (Lipinski definition) is 3. The summed E-state index contributed by atoms with van der Waals surface area (Å²) < 4.78 is 0. The minimum atomic E-state index is -1.02. The Morgan fingerprint density at radius 1 is 1.53 bits per heavy atom. The first-order valence-corrected chi connectivity index (χ1v) is 6.18. The van der Waals surface area contributed by atoms with Crippen LogP contribution in [0, 0.1) is 0 Å². The van der Waals surface area contributed by atoms with Gasteiger partial charge in [-0.05, 0) is 23.4 Å². The van der Waals surface area contributed by atoms with E-state index in [2.05, 4.69) is 12.2 Å². The average Bonchev–Trinajstić information content (AvgIpc) is 2.72. The third kappa shape index (κ3) is 4.07. The van der Waals surface area contributed by atoms with Gasteiger partial charge >= 0.3 is 12.0 Å². The summed E-state index contributed by atoms with van der Waals surface area (Å²) in [6.45, 7) is 2.21. The van der Waals surface area contributed by atoms with E-state index >= 15 is 0 Å². The van der Waals surface area contributed by atoms with Gasteiger partial charge in [-0.1, -0.05) is 6.92 Å². The van der Waals surface area contributed by atoms with Gasteiger partial charge in [-0.3, -0.25) is 4.79 Å². The van der Waals surface area contributed by atoms with Crippen LogP contribution in [0.3, 0.4) is 0 Å². The van der Waals surface area contributed by atoms with Crippen molar-refractivity contribution in [3.8, 4) is 0 Å². The van der Waals surface area contributed by atoms with E-state index in [4.69, 9.17) is 5.11 Å². The van der Waals surface area contributed by atoms with Gasteiger partial charge in [0.25, 0.3) is 0 Å². The molecule has 0 aliphatic rings. The molecular weight excluding hydrogens is 240 g/mol. The second-order valence-electron chi connectivity index (χ2n) is 3.63. The zero-order valence-electron chi connectivity index (χ0n) is 9.90. The molecule has 0 bridgehead atoms. The van der Waals surface area contributed by atoms with Crippen molar-refractivity contribution in [2.75, 3.05) is 13.6 Å². The molecule has 2 amide bonds. The number of carbonyl (C=O) groups excluding carboxylic acids is 1. The zero-order valence-corrected chi connectivity index (χ0v) is 10.7. The van der Waals surface area contributed by atoms with Crippen LogP contribution in [0.25, 0.3) is 0 Å². The molecule has 94 valence electrons. The predicted molar refractivity (Wildman–Crippen MR) is 66.2 cm³/mol. The fraction of sp³-hybridized carbons (Fsp3) is 0.455. The first kappa shape index (κ1) is 13.5. The number of nitrogens with one attached hydrogen (secondary N) is 1. The van der Waals surface area contributed by atoms with Gasteiger partial charge in [-0.15, -0.1) is 11.3 Å². The molecule has 0 saturated heterocycles. The average molecular weight is 256 g/mol. The van der Waals surface area contributed by atoms with E-state index in [-0.39, 0.29) is 12.6 Å². The van der Waals surface area contributed by atoms with Gasteiger partial charge in [0.2, 0.25) is 0 Å². The maximum Gasteiger partial charge on any atom is 0.323 e. The summed E-state index contributed by atoms with van der Waals surface area (Å²) in [5.74, 6) is -1.02. The molecule has 17 heavy (non-hydrogen) atoms. The lowest BCUT2D eigenvalue weighted by molar-refractivity contribution is -0.137. The van der Waals surface area contributed by atoms with E-state index in [0.29, 0.717) is 6.54 Å². The molecule has 0 aliphatic carbocycles. The first-order chi connectivity index (χ1) is 8.04. The van der Waals surface area contributed by atoms with Gasteiger partial charge in [0.15, 0.2) is 0 Å². The van der Waals surface area contributed by atoms with Crippen molar-refractivity contribution in [1.82, 2.24) is 10.2 Å². The Kier molecular flexibility index (Phi) is 4.96. The van der Waals surface area contributed by atoms with Crippen molar-refractivity contribution < 1.29 is 14.7 Å². The van der Waals surface area contributed by atoms with Crippen LogP contribution >= 0.6 is 11.3 Å². The van der Waals surface area contributed by atoms with Crippen LogP contribution in [0.2, 0.25) is 0 Å². The van der Waals surface area contributed by atoms with Gasteiger partial charge in [0.05, 0.1) is 6.54 Å². The second-order valence-corrected chi connectivity index (χ2v) is 4.63. The molecule has 0 spiro atoms. The van der Waals surface area contributed by atoms with Gasteiger partial charge < -0.3 is 15.3 Å². The van der Waals surface area contributed by atoms with Gasteiger partial charge in [-0.25, -0.2) is 4.79 Å². The Labute approximate surface area is 104 Å². The number of nitrogens with zero attached hydrogens (tertiary/aromatic N) is 1. The molecule has 1 heterocycles. The number of hydrogen-bond donors (Lipinski definition) is 2. The van der Waals surface area contributed by atoms with E-state index in [1.165, 1.54) is 12.6 Å². The van der Waals surface area contributed by atoms with Crippen molar-refractivity contribution >= 4 is 23.3 Å². The molecule has 6 heteroatoms. The number of rotatable bonds is 5. The minimum Gasteiger partial charge on any atom is -0.480 e. The number of urea groups is 1. The molecule has 0 aliphatic heterocycles. The Morgan fingerprint density at radius 3 is 2.82 bits per heavy atom. The quantitative estimate of drug-likeness (QED) is 0.839. The van der Waals surface area contributed by atoms with Gasteiger partial charge in [0.1, 0.15) is 6.54 Å². The maximum absolute atomic E-state index is 11.5. The summed E-state index contributed by atoms with van der Waals surface area (Å²) in [7, 11) is 1.46. The van der Waals surface area contributed by atoms with Crippen LogP contribution in [0.1, 0.15) is 17.4 Å². The SMILES string of the molecule is CCc1ccsc1CNC(=O)N(C)CC(=O)O. The molecule has 0 unspecified atom stereocenters. The molecule has 0 radical (unpaired) electrons. The number of likely N-dealkylation sites (N-methyl/N-ethyl adjacent to an activating group) is 1. The summed E-state index contributed by atoms with van der Waals surface area (Å²) in [6.07, 6.45) is 0.930. The van der Waals surface area contributed by atoms with Gasteiger partial charge in [0, 0.05) is 11.9 Å². The van der Waals surface area contributed by atoms with Gasteiger partial charge in [-0.2, -0.15) is 0 Å². The number of thiophene rings is 1. The van der Waals surface area contributed by atoms with Crippen LogP contribution in [-0.4, -0.2) is 35.6 Å². The lowest BCUT2D eigenvalue weighted by Crippen LogP contribution is -2.39. The third-order valence-corrected chi connectivity index (χ3v) is 3.30. The third-order valence-electron chi connectivity index (χ3n) is 2.34. The molecule has 5 nitrogen and oxygen atoms in total. The molecule has 0 atom stereocenters. The van der Waals surface area contributed by atoms with Crippen molar-refractivity contribution in [1.29, 1.82) is 0 Å². The lowest BCUT2D eigenvalue weighted by Gasteiger charge is -2.15. The number of carboxylic acid groups (broad SMARTS) is 1. The Morgan fingerprint density at radius 2 is 2.24 bits per heavy atom. The molecule has 0 aromatic carbocycles. The number of carbonyl (C=O) groups is 2. The summed E-state index contributed by atoms with van der Waals surface area (Å²) in [4.78, 5) is 24.2. The minimum absolute atomic E-state index is 0.295. The van der Waals surface area contributed by atoms with Crippen molar-refractivity contribution in [2.24, 2.45) is 0 Å². The van der Waals surface area contributed by atoms with E-state index in [9.17, 15) is 9.59 Å². The number of carboxylic acids is 1. The molecular formula is C11H16N2O3S. The molecule has 1 rings (SSSR count). The molecule has 1 aromatic heterocycles. The standard InChI is InChI=1S/C11H16N2O3S/c1-3-8-4-5-17-9(8)6-12-11(16)13(2)7-10(14)15/h4-5H,3,6-7H2,1-2H3,(H,12,16)(H,14,15). The number of amides is 2. The number of aliphatic carboxylic acids is 1. The Bertz CT molecular complexity index is 403. The highest BCUT2D eigenvalue weighted by atomic mass is 32.1. The summed E-state index contributed by atoms with van der Waals surface area (Å²) in [5.41, 5.74) is 1.22. The molecule has 0 fully saturated rings. The van der Waals surface area contributed by atoms with Crippen LogP contribution in [0.15, 0.2) is 11.4 Å². The van der Waals surface area contributed by atoms with E-state index in [0.717, 1.165) is 16.2 Å². The fourth-order valence-corrected chi connectivity index (χ4v) is 2.32.